The molecule has 100 valence electrons. The van der Waals surface area contributed by atoms with E-state index < -0.39 is 9.05 Å². The van der Waals surface area contributed by atoms with Crippen molar-refractivity contribution in [3.63, 3.8) is 0 Å². The van der Waals surface area contributed by atoms with Crippen molar-refractivity contribution in [1.82, 2.24) is 4.90 Å². The molecule has 0 radical (unpaired) electrons. The first-order valence-corrected chi connectivity index (χ1v) is 7.47. The smallest absolute Gasteiger partial charge is 0.261 e. The van der Waals surface area contributed by atoms with Gasteiger partial charge < -0.3 is 9.64 Å². The van der Waals surface area contributed by atoms with Gasteiger partial charge in [0, 0.05) is 24.8 Å². The number of hydrogen-bond donors (Lipinski definition) is 0. The number of amides is 1. The predicted molar refractivity (Wildman–Crippen MR) is 68.7 cm³/mol. The molecule has 0 aromatic heterocycles. The summed E-state index contributed by atoms with van der Waals surface area (Å²) in [6, 6.07) is 3.77. The van der Waals surface area contributed by atoms with Crippen molar-refractivity contribution < 1.29 is 17.9 Å². The van der Waals surface area contributed by atoms with Gasteiger partial charge in [-0.05, 0) is 18.2 Å². The number of halogens is 2. The van der Waals surface area contributed by atoms with Gasteiger partial charge in [0.2, 0.25) is 0 Å². The molecule has 0 saturated carbocycles. The Hall–Kier alpha value is -0.980. The van der Waals surface area contributed by atoms with Crippen LogP contribution in [-0.2, 0) is 13.8 Å². The molecule has 0 heterocycles. The van der Waals surface area contributed by atoms with Crippen molar-refractivity contribution in [2.75, 3.05) is 20.7 Å². The summed E-state index contributed by atoms with van der Waals surface area (Å²) in [5.74, 6) is -0.0176. The van der Waals surface area contributed by atoms with E-state index in [1.165, 1.54) is 23.1 Å². The monoisotopic (exact) mass is 311 g/mol. The predicted octanol–water partition coefficient (Wildman–Crippen LogP) is 1.73. The van der Waals surface area contributed by atoms with Gasteiger partial charge in [0.25, 0.3) is 15.0 Å². The molecule has 0 bridgehead atoms. The third kappa shape index (κ3) is 4.04. The summed E-state index contributed by atoms with van der Waals surface area (Å²) in [7, 11) is 4.52. The van der Waals surface area contributed by atoms with E-state index in [4.69, 9.17) is 27.0 Å². The Balaban J connectivity index is 2.84. The number of nitrogens with zero attached hydrogens (tertiary/aromatic N) is 1. The molecular weight excluding hydrogens is 301 g/mol. The molecule has 0 spiro atoms. The molecule has 0 saturated heterocycles. The third-order valence-electron chi connectivity index (χ3n) is 2.03. The van der Waals surface area contributed by atoms with E-state index in [9.17, 15) is 13.2 Å². The summed E-state index contributed by atoms with van der Waals surface area (Å²) < 4.78 is 27.3. The minimum atomic E-state index is -3.83. The first kappa shape index (κ1) is 15.1. The Morgan fingerprint density at radius 3 is 2.44 bits per heavy atom. The standard InChI is InChI=1S/C10H11Cl2NO4S/c1-13(2)10(14)6-17-9-4-3-7(5-8(9)11)18(12,15)16/h3-5H,6H2,1-2H3. The summed E-state index contributed by atoms with van der Waals surface area (Å²) in [5, 5.41) is 0.0725. The molecule has 0 N–H and O–H groups in total. The van der Waals surface area contributed by atoms with Crippen LogP contribution in [0, 0.1) is 0 Å². The molecule has 0 unspecified atom stereocenters. The van der Waals surface area contributed by atoms with Crippen molar-refractivity contribution in [3.8, 4) is 5.75 Å². The zero-order valence-electron chi connectivity index (χ0n) is 9.68. The van der Waals surface area contributed by atoms with Crippen molar-refractivity contribution >= 4 is 37.2 Å². The zero-order chi connectivity index (χ0) is 13.9. The summed E-state index contributed by atoms with van der Waals surface area (Å²) in [5.41, 5.74) is 0. The fourth-order valence-electron chi connectivity index (χ4n) is 1.02. The van der Waals surface area contributed by atoms with Gasteiger partial charge in [0.15, 0.2) is 6.61 Å². The van der Waals surface area contributed by atoms with E-state index in [0.29, 0.717) is 0 Å². The highest BCUT2D eigenvalue weighted by Crippen LogP contribution is 2.28. The van der Waals surface area contributed by atoms with Crippen molar-refractivity contribution in [2.24, 2.45) is 0 Å². The molecule has 1 aromatic rings. The topological polar surface area (TPSA) is 63.7 Å². The first-order valence-electron chi connectivity index (χ1n) is 4.79. The number of rotatable bonds is 4. The minimum Gasteiger partial charge on any atom is -0.482 e. The summed E-state index contributed by atoms with van der Waals surface area (Å²) in [6.07, 6.45) is 0. The lowest BCUT2D eigenvalue weighted by molar-refractivity contribution is -0.130. The van der Waals surface area contributed by atoms with Crippen molar-refractivity contribution in [2.45, 2.75) is 4.90 Å². The van der Waals surface area contributed by atoms with Crippen LogP contribution in [0.3, 0.4) is 0 Å². The highest BCUT2D eigenvalue weighted by molar-refractivity contribution is 8.13. The summed E-state index contributed by atoms with van der Waals surface area (Å²) in [4.78, 5) is 12.5. The Labute approximate surface area is 115 Å². The van der Waals surface area contributed by atoms with Crippen LogP contribution in [-0.4, -0.2) is 39.9 Å². The molecule has 18 heavy (non-hydrogen) atoms. The van der Waals surface area contributed by atoms with Crippen LogP contribution in [0.1, 0.15) is 0 Å². The van der Waals surface area contributed by atoms with E-state index in [0.717, 1.165) is 0 Å². The molecule has 0 aliphatic carbocycles. The van der Waals surface area contributed by atoms with Crippen LogP contribution >= 0.6 is 22.3 Å². The Morgan fingerprint density at radius 2 is 2.00 bits per heavy atom. The van der Waals surface area contributed by atoms with Crippen molar-refractivity contribution in [3.05, 3.63) is 23.2 Å². The fraction of sp³-hybridized carbons (Fsp3) is 0.300. The molecule has 1 rings (SSSR count). The molecule has 5 nitrogen and oxygen atoms in total. The van der Waals surface area contributed by atoms with Crippen LogP contribution in [0.2, 0.25) is 5.02 Å². The van der Waals surface area contributed by atoms with Gasteiger partial charge in [0.05, 0.1) is 9.92 Å². The zero-order valence-corrected chi connectivity index (χ0v) is 12.0. The molecule has 0 atom stereocenters. The first-order chi connectivity index (χ1) is 8.21. The number of likely N-dealkylation sites (N-methyl/N-ethyl adjacent to an activating group) is 1. The van der Waals surface area contributed by atoms with Gasteiger partial charge >= 0.3 is 0 Å². The second-order valence-corrected chi connectivity index (χ2v) is 6.58. The fourth-order valence-corrected chi connectivity index (χ4v) is 2.10. The SMILES string of the molecule is CN(C)C(=O)COc1ccc(S(=O)(=O)Cl)cc1Cl. The molecule has 0 aliphatic heterocycles. The second-order valence-electron chi connectivity index (χ2n) is 3.61. The Bertz CT molecular complexity index is 557. The van der Waals surface area contributed by atoms with Gasteiger partial charge in [0.1, 0.15) is 5.75 Å². The summed E-state index contributed by atoms with van der Waals surface area (Å²) >= 11 is 5.83. The van der Waals surface area contributed by atoms with E-state index in [1.54, 1.807) is 14.1 Å². The average Bonchev–Trinajstić information content (AvgIpc) is 2.25. The van der Waals surface area contributed by atoms with E-state index in [2.05, 4.69) is 0 Å². The van der Waals surface area contributed by atoms with Gasteiger partial charge in [-0.3, -0.25) is 4.79 Å². The molecule has 0 aliphatic rings. The molecule has 1 amide bonds. The van der Waals surface area contributed by atoms with E-state index in [1.807, 2.05) is 0 Å². The number of ether oxygens (including phenoxy) is 1. The van der Waals surface area contributed by atoms with Crippen molar-refractivity contribution in [1.29, 1.82) is 0 Å². The highest BCUT2D eigenvalue weighted by atomic mass is 35.7. The number of carbonyl (C=O) groups is 1. The quantitative estimate of drug-likeness (QED) is 0.794. The molecular formula is C10H11Cl2NO4S. The Kier molecular flexibility index (Phi) is 4.84. The van der Waals surface area contributed by atoms with Crippen LogP contribution in [0.4, 0.5) is 0 Å². The van der Waals surface area contributed by atoms with Gasteiger partial charge in [-0.1, -0.05) is 11.6 Å². The lowest BCUT2D eigenvalue weighted by atomic mass is 10.3. The van der Waals surface area contributed by atoms with Gasteiger partial charge in [-0.2, -0.15) is 0 Å². The molecule has 1 aromatic carbocycles. The van der Waals surface area contributed by atoms with Gasteiger partial charge in [-0.15, -0.1) is 0 Å². The third-order valence-corrected chi connectivity index (χ3v) is 3.68. The van der Waals surface area contributed by atoms with E-state index in [-0.39, 0.29) is 28.2 Å². The number of hydrogen-bond acceptors (Lipinski definition) is 4. The van der Waals surface area contributed by atoms with Crippen LogP contribution in [0.15, 0.2) is 23.1 Å². The average molecular weight is 312 g/mol. The maximum Gasteiger partial charge on any atom is 0.261 e. The van der Waals surface area contributed by atoms with E-state index >= 15 is 0 Å². The molecule has 0 fully saturated rings. The highest BCUT2D eigenvalue weighted by Gasteiger charge is 2.13. The second kappa shape index (κ2) is 5.77. The van der Waals surface area contributed by atoms with Crippen LogP contribution in [0.25, 0.3) is 0 Å². The number of benzene rings is 1. The largest absolute Gasteiger partial charge is 0.482 e. The van der Waals surface area contributed by atoms with Crippen LogP contribution < -0.4 is 4.74 Å². The number of carbonyl (C=O) groups excluding carboxylic acids is 1. The van der Waals surface area contributed by atoms with Gasteiger partial charge in [-0.25, -0.2) is 8.42 Å². The minimum absolute atomic E-state index is 0.0725. The molecule has 8 heteroatoms. The maximum atomic E-state index is 11.3. The lowest BCUT2D eigenvalue weighted by Crippen LogP contribution is -2.27. The maximum absolute atomic E-state index is 11.3. The van der Waals surface area contributed by atoms with Crippen LogP contribution in [0.5, 0.6) is 5.75 Å². The lowest BCUT2D eigenvalue weighted by Gasteiger charge is -2.12. The Morgan fingerprint density at radius 1 is 1.39 bits per heavy atom. The summed E-state index contributed by atoms with van der Waals surface area (Å²) in [6.45, 7) is -0.181. The normalized spacial score (nSPS) is 11.1.